The molecule has 0 amide bonds. The maximum Gasteiger partial charge on any atom is 0.342 e. The first kappa shape index (κ1) is 23.6. The molecule has 0 radical (unpaired) electrons. The number of phenols is 1. The van der Waals surface area contributed by atoms with Crippen LogP contribution in [0.3, 0.4) is 0 Å². The SMILES string of the molecule is CN(C)c1cc(-c2ccnn2C)c(O)c2c1C[C@H]1C[C@H]3CC(=O)C(C(=O)O)=C(O)[C@@]3(O)C(=O)C1=C2O. The number of carboxylic acids is 1. The molecule has 1 aromatic carbocycles. The van der Waals surface area contributed by atoms with Crippen molar-refractivity contribution in [3.63, 3.8) is 0 Å². The second-order valence-electron chi connectivity index (χ2n) is 9.73. The van der Waals surface area contributed by atoms with Crippen LogP contribution < -0.4 is 4.90 Å². The average Bonchev–Trinajstić information content (AvgIpc) is 3.21. The molecule has 0 aliphatic heterocycles. The predicted molar refractivity (Wildman–Crippen MR) is 126 cm³/mol. The number of phenolic OH excluding ortho intramolecular Hbond substituents is 1. The van der Waals surface area contributed by atoms with Gasteiger partial charge in [-0.1, -0.05) is 0 Å². The number of ketones is 2. The summed E-state index contributed by atoms with van der Waals surface area (Å²) in [7, 11) is 5.30. The van der Waals surface area contributed by atoms with Crippen molar-refractivity contribution >= 4 is 29.0 Å². The summed E-state index contributed by atoms with van der Waals surface area (Å²) in [6, 6.07) is 3.45. The van der Waals surface area contributed by atoms with Gasteiger partial charge in [0.05, 0.1) is 11.3 Å². The van der Waals surface area contributed by atoms with Crippen LogP contribution in [0.1, 0.15) is 24.0 Å². The molecule has 3 atom stereocenters. The van der Waals surface area contributed by atoms with Crippen molar-refractivity contribution in [3.8, 4) is 17.0 Å². The summed E-state index contributed by atoms with van der Waals surface area (Å²) < 4.78 is 1.55. The van der Waals surface area contributed by atoms with Crippen molar-refractivity contribution in [2.24, 2.45) is 18.9 Å². The number of aliphatic carboxylic acids is 1. The number of hydrogen-bond donors (Lipinski definition) is 5. The van der Waals surface area contributed by atoms with E-state index in [9.17, 15) is 39.9 Å². The van der Waals surface area contributed by atoms with Gasteiger partial charge in [-0.3, -0.25) is 14.3 Å². The zero-order valence-corrected chi connectivity index (χ0v) is 19.8. The molecule has 1 aromatic heterocycles. The van der Waals surface area contributed by atoms with Gasteiger partial charge in [0.1, 0.15) is 17.1 Å². The number of carbonyl (C=O) groups is 3. The number of aryl methyl sites for hydroxylation is 1. The fourth-order valence-electron chi connectivity index (χ4n) is 5.87. The minimum Gasteiger partial charge on any atom is -0.508 e. The summed E-state index contributed by atoms with van der Waals surface area (Å²) in [4.78, 5) is 39.4. The van der Waals surface area contributed by atoms with E-state index in [1.54, 1.807) is 44.2 Å². The molecule has 11 nitrogen and oxygen atoms in total. The molecule has 3 aliphatic carbocycles. The first-order valence-corrected chi connectivity index (χ1v) is 11.3. The molecule has 11 heteroatoms. The smallest absolute Gasteiger partial charge is 0.342 e. The highest BCUT2D eigenvalue weighted by atomic mass is 16.4. The highest BCUT2D eigenvalue weighted by molar-refractivity contribution is 6.21. The number of rotatable bonds is 3. The molecule has 5 N–H and O–H groups in total. The van der Waals surface area contributed by atoms with Gasteiger partial charge in [-0.25, -0.2) is 4.79 Å². The van der Waals surface area contributed by atoms with E-state index < -0.39 is 58.5 Å². The number of aromatic hydroxyl groups is 1. The number of aliphatic hydroxyl groups excluding tert-OH is 2. The lowest BCUT2D eigenvalue weighted by atomic mass is 9.59. The maximum absolute atomic E-state index is 13.6. The number of fused-ring (bicyclic) bond motifs is 3. The topological polar surface area (TPSA) is 173 Å². The van der Waals surface area contributed by atoms with E-state index in [0.717, 1.165) is 0 Å². The summed E-state index contributed by atoms with van der Waals surface area (Å²) >= 11 is 0. The Morgan fingerprint density at radius 1 is 1.19 bits per heavy atom. The van der Waals surface area contributed by atoms with Crippen molar-refractivity contribution in [2.75, 3.05) is 19.0 Å². The highest BCUT2D eigenvalue weighted by Crippen LogP contribution is 2.54. The van der Waals surface area contributed by atoms with Gasteiger partial charge in [0.15, 0.2) is 17.1 Å². The first-order valence-electron chi connectivity index (χ1n) is 11.3. The molecule has 2 aromatic rings. The van der Waals surface area contributed by atoms with Crippen LogP contribution in [0.25, 0.3) is 17.0 Å². The third-order valence-corrected chi connectivity index (χ3v) is 7.59. The van der Waals surface area contributed by atoms with Gasteiger partial charge in [-0.15, -0.1) is 0 Å². The number of carboxylic acid groups (broad SMARTS) is 1. The Hall–Kier alpha value is -4.12. The molecular weight excluding hydrogens is 470 g/mol. The summed E-state index contributed by atoms with van der Waals surface area (Å²) in [5.41, 5.74) is -1.70. The van der Waals surface area contributed by atoms with E-state index in [1.165, 1.54) is 0 Å². The van der Waals surface area contributed by atoms with Crippen LogP contribution in [0.5, 0.6) is 5.75 Å². The van der Waals surface area contributed by atoms with Crippen molar-refractivity contribution in [1.82, 2.24) is 9.78 Å². The third-order valence-electron chi connectivity index (χ3n) is 7.59. The van der Waals surface area contributed by atoms with Gasteiger partial charge in [0.2, 0.25) is 5.78 Å². The number of carbonyl (C=O) groups excluding carboxylic acids is 2. The highest BCUT2D eigenvalue weighted by Gasteiger charge is 2.60. The molecule has 0 saturated heterocycles. The zero-order chi connectivity index (χ0) is 26.3. The number of benzene rings is 1. The van der Waals surface area contributed by atoms with Crippen LogP contribution in [0.2, 0.25) is 0 Å². The second kappa shape index (κ2) is 7.69. The largest absolute Gasteiger partial charge is 0.508 e. The Morgan fingerprint density at radius 3 is 2.47 bits per heavy atom. The molecule has 0 unspecified atom stereocenters. The van der Waals surface area contributed by atoms with E-state index in [0.29, 0.717) is 22.5 Å². The number of nitrogens with zero attached hydrogens (tertiary/aromatic N) is 3. The number of anilines is 1. The van der Waals surface area contributed by atoms with E-state index >= 15 is 0 Å². The molecule has 0 spiro atoms. The lowest BCUT2D eigenvalue weighted by Gasteiger charge is -2.46. The van der Waals surface area contributed by atoms with Crippen LogP contribution in [-0.4, -0.2) is 72.5 Å². The molecule has 1 fully saturated rings. The molecule has 188 valence electrons. The van der Waals surface area contributed by atoms with Crippen LogP contribution in [-0.2, 0) is 27.9 Å². The fraction of sp³-hybridized carbons (Fsp3) is 0.360. The van der Waals surface area contributed by atoms with Crippen molar-refractivity contribution in [1.29, 1.82) is 0 Å². The van der Waals surface area contributed by atoms with Crippen LogP contribution in [0, 0.1) is 11.8 Å². The average molecular weight is 495 g/mol. The van der Waals surface area contributed by atoms with Crippen LogP contribution in [0.4, 0.5) is 5.69 Å². The number of hydrogen-bond acceptors (Lipinski definition) is 9. The van der Waals surface area contributed by atoms with Crippen molar-refractivity contribution in [2.45, 2.75) is 24.9 Å². The Bertz CT molecular complexity index is 1430. The van der Waals surface area contributed by atoms with Crippen molar-refractivity contribution < 1.29 is 39.9 Å². The van der Waals surface area contributed by atoms with Crippen molar-refractivity contribution in [3.05, 3.63) is 46.4 Å². The lowest BCUT2D eigenvalue weighted by molar-refractivity contribution is -0.149. The number of aromatic nitrogens is 2. The predicted octanol–water partition coefficient (Wildman–Crippen LogP) is 1.49. The zero-order valence-electron chi connectivity index (χ0n) is 19.8. The normalized spacial score (nSPS) is 25.4. The maximum atomic E-state index is 13.6. The van der Waals surface area contributed by atoms with Gasteiger partial charge < -0.3 is 30.4 Å². The fourth-order valence-corrected chi connectivity index (χ4v) is 5.87. The molecule has 1 heterocycles. The van der Waals surface area contributed by atoms with Gasteiger partial charge >= 0.3 is 5.97 Å². The standard InChI is InChI=1S/C25H25N3O8/c1-27(2)15-9-13(14-4-5-26-28(14)3)20(30)18-12(15)7-10-6-11-8-16(29)19(24(34)35)23(33)25(11,36)22(32)17(10)21(18)31/h4-5,9-11,30-31,33,36H,6-8H2,1-3H3,(H,34,35)/t10-,11+,25+/m1/s1. The molecule has 0 bridgehead atoms. The van der Waals surface area contributed by atoms with Gasteiger partial charge in [0, 0.05) is 56.5 Å². The van der Waals surface area contributed by atoms with E-state index in [-0.39, 0.29) is 29.7 Å². The molecule has 5 rings (SSSR count). The molecule has 3 aliphatic rings. The Labute approximate surface area is 205 Å². The minimum atomic E-state index is -2.67. The van der Waals surface area contributed by atoms with Crippen LogP contribution in [0.15, 0.2) is 35.2 Å². The van der Waals surface area contributed by atoms with E-state index in [1.807, 2.05) is 4.90 Å². The summed E-state index contributed by atoms with van der Waals surface area (Å²) in [6.07, 6.45) is 1.37. The summed E-state index contributed by atoms with van der Waals surface area (Å²) in [5.74, 6) is -7.43. The minimum absolute atomic E-state index is 0.0212. The van der Waals surface area contributed by atoms with Gasteiger partial charge in [-0.05, 0) is 36.5 Å². The summed E-state index contributed by atoms with van der Waals surface area (Å²) in [6.45, 7) is 0. The quantitative estimate of drug-likeness (QED) is 0.393. The van der Waals surface area contributed by atoms with Gasteiger partial charge in [-0.2, -0.15) is 5.10 Å². The van der Waals surface area contributed by atoms with E-state index in [2.05, 4.69) is 5.10 Å². The molecule has 1 saturated carbocycles. The lowest BCUT2D eigenvalue weighted by Crippen LogP contribution is -2.58. The first-order chi connectivity index (χ1) is 16.9. The second-order valence-corrected chi connectivity index (χ2v) is 9.73. The van der Waals surface area contributed by atoms with Gasteiger partial charge in [0.25, 0.3) is 0 Å². The number of Topliss-reactive ketones (excluding diaryl/α,β-unsaturated/α-hetero) is 2. The Kier molecular flexibility index (Phi) is 5.04. The number of aliphatic hydroxyl groups is 3. The molecular formula is C25H25N3O8. The Balaban J connectivity index is 1.76. The molecule has 36 heavy (non-hydrogen) atoms. The Morgan fingerprint density at radius 2 is 1.89 bits per heavy atom. The third kappa shape index (κ3) is 2.95. The monoisotopic (exact) mass is 495 g/mol. The summed E-state index contributed by atoms with van der Waals surface area (Å²) in [5, 5.41) is 58.1. The van der Waals surface area contributed by atoms with Crippen LogP contribution >= 0.6 is 0 Å². The van der Waals surface area contributed by atoms with E-state index in [4.69, 9.17) is 0 Å².